The van der Waals surface area contributed by atoms with Crippen molar-refractivity contribution in [2.24, 2.45) is 28.1 Å². The Bertz CT molecular complexity index is 683. The maximum Gasteiger partial charge on any atom is 0.330 e. The quantitative estimate of drug-likeness (QED) is 0.289. The molecule has 0 aliphatic heterocycles. The van der Waals surface area contributed by atoms with Crippen molar-refractivity contribution in [1.29, 1.82) is 0 Å². The van der Waals surface area contributed by atoms with E-state index in [1.54, 1.807) is 17.2 Å². The summed E-state index contributed by atoms with van der Waals surface area (Å²) in [6.07, 6.45) is 13.3. The zero-order chi connectivity index (χ0) is 20.7. The lowest BCUT2D eigenvalue weighted by Crippen LogP contribution is -2.56. The molecule has 28 heavy (non-hydrogen) atoms. The van der Waals surface area contributed by atoms with Crippen LogP contribution in [0.4, 0.5) is 0 Å². The van der Waals surface area contributed by atoms with E-state index in [0.29, 0.717) is 16.2 Å². The van der Waals surface area contributed by atoms with Gasteiger partial charge >= 0.3 is 5.97 Å². The van der Waals surface area contributed by atoms with Crippen molar-refractivity contribution in [3.05, 3.63) is 22.8 Å². The Labute approximate surface area is 173 Å². The molecule has 2 nitrogen and oxygen atoms in total. The van der Waals surface area contributed by atoms with Gasteiger partial charge in [-0.1, -0.05) is 50.8 Å². The standard InChI is InChI=1S/C26H42O2/c1-18(17-23(27)28-7)9-11-20-19(2)10-12-22-25(20,5)16-13-21-24(3,4)14-8-15-26(21,22)6/h17,21-22H,8-16H2,1-7H3/b18-17+/t21-,22+,25+,26+/m1/s1. The van der Waals surface area contributed by atoms with Gasteiger partial charge in [-0.2, -0.15) is 0 Å². The average molecular weight is 387 g/mol. The van der Waals surface area contributed by atoms with Gasteiger partial charge in [0.2, 0.25) is 0 Å². The van der Waals surface area contributed by atoms with Crippen molar-refractivity contribution in [1.82, 2.24) is 0 Å². The predicted octanol–water partition coefficient (Wildman–Crippen LogP) is 7.25. The molecule has 3 rings (SSSR count). The van der Waals surface area contributed by atoms with Crippen LogP contribution in [0, 0.1) is 28.1 Å². The molecule has 0 N–H and O–H groups in total. The van der Waals surface area contributed by atoms with Crippen molar-refractivity contribution >= 4 is 5.97 Å². The minimum absolute atomic E-state index is 0.228. The number of hydrogen-bond donors (Lipinski definition) is 0. The normalized spacial score (nSPS) is 37.9. The Morgan fingerprint density at radius 2 is 1.82 bits per heavy atom. The molecule has 0 unspecified atom stereocenters. The highest BCUT2D eigenvalue weighted by Gasteiger charge is 2.59. The summed E-state index contributed by atoms with van der Waals surface area (Å²) in [5.41, 5.74) is 5.79. The summed E-state index contributed by atoms with van der Waals surface area (Å²) in [4.78, 5) is 11.6. The number of carbonyl (C=O) groups excluding carboxylic acids is 1. The summed E-state index contributed by atoms with van der Waals surface area (Å²) in [5, 5.41) is 0. The summed E-state index contributed by atoms with van der Waals surface area (Å²) in [5.74, 6) is 1.45. The molecule has 0 aromatic heterocycles. The van der Waals surface area contributed by atoms with Gasteiger partial charge in [0.1, 0.15) is 0 Å². The van der Waals surface area contributed by atoms with E-state index in [9.17, 15) is 4.79 Å². The van der Waals surface area contributed by atoms with Gasteiger partial charge in [0.15, 0.2) is 0 Å². The summed E-state index contributed by atoms with van der Waals surface area (Å²) in [6, 6.07) is 0. The third-order valence-electron chi connectivity index (χ3n) is 9.14. The van der Waals surface area contributed by atoms with Gasteiger partial charge in [-0.25, -0.2) is 4.79 Å². The molecule has 2 saturated carbocycles. The van der Waals surface area contributed by atoms with Crippen LogP contribution in [0.15, 0.2) is 22.8 Å². The van der Waals surface area contributed by atoms with E-state index in [1.165, 1.54) is 52.1 Å². The Balaban J connectivity index is 1.86. The van der Waals surface area contributed by atoms with Crippen molar-refractivity contribution < 1.29 is 9.53 Å². The third kappa shape index (κ3) is 3.61. The molecule has 3 aliphatic rings. The van der Waals surface area contributed by atoms with Gasteiger partial charge in [0.05, 0.1) is 7.11 Å². The van der Waals surface area contributed by atoms with E-state index in [4.69, 9.17) is 4.74 Å². The van der Waals surface area contributed by atoms with E-state index in [-0.39, 0.29) is 5.97 Å². The summed E-state index contributed by atoms with van der Waals surface area (Å²) in [6.45, 7) is 14.7. The van der Waals surface area contributed by atoms with Crippen LogP contribution in [0.3, 0.4) is 0 Å². The molecule has 0 aromatic rings. The largest absolute Gasteiger partial charge is 0.466 e. The fraction of sp³-hybridized carbons (Fsp3) is 0.808. The Kier molecular flexibility index (Phi) is 5.92. The van der Waals surface area contributed by atoms with E-state index >= 15 is 0 Å². The number of esters is 1. The van der Waals surface area contributed by atoms with Crippen molar-refractivity contribution in [3.8, 4) is 0 Å². The van der Waals surface area contributed by atoms with Crippen LogP contribution in [-0.4, -0.2) is 13.1 Å². The van der Waals surface area contributed by atoms with Crippen LogP contribution in [0.2, 0.25) is 0 Å². The SMILES string of the molecule is COC(=O)/C=C(\C)CCC1=C(C)CC[C@@H]2[C@@]3(C)CCCC(C)(C)[C@H]3CC[C@@]12C. The fourth-order valence-corrected chi connectivity index (χ4v) is 7.81. The molecule has 158 valence electrons. The molecule has 0 heterocycles. The molecule has 0 saturated heterocycles. The van der Waals surface area contributed by atoms with E-state index in [2.05, 4.69) is 41.5 Å². The lowest BCUT2D eigenvalue weighted by molar-refractivity contribution is -0.134. The van der Waals surface area contributed by atoms with E-state index in [0.717, 1.165) is 30.3 Å². The second kappa shape index (κ2) is 7.65. The van der Waals surface area contributed by atoms with E-state index in [1.807, 2.05) is 0 Å². The van der Waals surface area contributed by atoms with Gasteiger partial charge in [-0.15, -0.1) is 0 Å². The van der Waals surface area contributed by atoms with Crippen LogP contribution in [0.5, 0.6) is 0 Å². The Hall–Kier alpha value is -1.05. The van der Waals surface area contributed by atoms with Crippen LogP contribution < -0.4 is 0 Å². The monoisotopic (exact) mass is 386 g/mol. The molecule has 4 atom stereocenters. The summed E-state index contributed by atoms with van der Waals surface area (Å²) < 4.78 is 4.80. The van der Waals surface area contributed by atoms with Gasteiger partial charge in [0, 0.05) is 6.08 Å². The predicted molar refractivity (Wildman–Crippen MR) is 117 cm³/mol. The number of allylic oxidation sites excluding steroid dienone is 3. The second-order valence-corrected chi connectivity index (χ2v) is 11.2. The van der Waals surface area contributed by atoms with Crippen LogP contribution in [0.25, 0.3) is 0 Å². The smallest absolute Gasteiger partial charge is 0.330 e. The van der Waals surface area contributed by atoms with Gasteiger partial charge in [-0.05, 0) is 93.3 Å². The molecule has 2 heteroatoms. The lowest BCUT2D eigenvalue weighted by atomic mass is 9.40. The number of ether oxygens (including phenoxy) is 1. The molecule has 3 aliphatic carbocycles. The maximum atomic E-state index is 11.6. The Morgan fingerprint density at radius 1 is 1.11 bits per heavy atom. The molecule has 0 amide bonds. The maximum absolute atomic E-state index is 11.6. The summed E-state index contributed by atoms with van der Waals surface area (Å²) >= 11 is 0. The first kappa shape index (κ1) is 21.7. The van der Waals surface area contributed by atoms with Gasteiger partial charge in [0.25, 0.3) is 0 Å². The first-order valence-electron chi connectivity index (χ1n) is 11.5. The minimum atomic E-state index is -0.228. The molecule has 0 spiro atoms. The molecule has 0 aromatic carbocycles. The number of rotatable bonds is 4. The van der Waals surface area contributed by atoms with Crippen LogP contribution >= 0.6 is 0 Å². The number of methoxy groups -OCH3 is 1. The van der Waals surface area contributed by atoms with Gasteiger partial charge < -0.3 is 4.74 Å². The zero-order valence-corrected chi connectivity index (χ0v) is 19.4. The van der Waals surface area contributed by atoms with E-state index < -0.39 is 0 Å². The summed E-state index contributed by atoms with van der Waals surface area (Å²) in [7, 11) is 1.45. The first-order valence-corrected chi connectivity index (χ1v) is 11.5. The number of hydrogen-bond acceptors (Lipinski definition) is 2. The third-order valence-corrected chi connectivity index (χ3v) is 9.14. The topological polar surface area (TPSA) is 26.3 Å². The molecular formula is C26H42O2. The first-order chi connectivity index (χ1) is 13.0. The fourth-order valence-electron chi connectivity index (χ4n) is 7.81. The minimum Gasteiger partial charge on any atom is -0.466 e. The molecule has 0 radical (unpaired) electrons. The lowest BCUT2D eigenvalue weighted by Gasteiger charge is -2.64. The highest BCUT2D eigenvalue weighted by atomic mass is 16.5. The highest BCUT2D eigenvalue weighted by Crippen LogP contribution is 2.68. The molecule has 2 fully saturated rings. The number of fused-ring (bicyclic) bond motifs is 3. The van der Waals surface area contributed by atoms with Gasteiger partial charge in [-0.3, -0.25) is 0 Å². The van der Waals surface area contributed by atoms with Crippen LogP contribution in [0.1, 0.15) is 99.3 Å². The Morgan fingerprint density at radius 3 is 2.50 bits per heavy atom. The molecular weight excluding hydrogens is 344 g/mol. The zero-order valence-electron chi connectivity index (χ0n) is 19.4. The van der Waals surface area contributed by atoms with Crippen molar-refractivity contribution in [2.75, 3.05) is 7.11 Å². The highest BCUT2D eigenvalue weighted by molar-refractivity contribution is 5.82. The number of carbonyl (C=O) groups is 1. The molecule has 0 bridgehead atoms. The van der Waals surface area contributed by atoms with Crippen molar-refractivity contribution in [3.63, 3.8) is 0 Å². The second-order valence-electron chi connectivity index (χ2n) is 11.2. The van der Waals surface area contributed by atoms with Crippen LogP contribution in [-0.2, 0) is 9.53 Å². The average Bonchev–Trinajstić information content (AvgIpc) is 2.59. The van der Waals surface area contributed by atoms with Crippen molar-refractivity contribution in [2.45, 2.75) is 99.3 Å².